The molecule has 0 saturated heterocycles. The SMILES string of the molecule is COC(=O)c1c(S(=O)(=O)NCc2ccc(C)cc2)sc2c1CCN(Cc1ccccc1O)C2. The number of fused-ring (bicyclic) bond motifs is 1. The maximum absolute atomic E-state index is 13.2. The number of nitrogens with one attached hydrogen (secondary N) is 1. The van der Waals surface area contributed by atoms with Crippen molar-refractivity contribution in [1.82, 2.24) is 9.62 Å². The molecule has 0 atom stereocenters. The number of sulfonamides is 1. The van der Waals surface area contributed by atoms with Crippen molar-refractivity contribution in [2.24, 2.45) is 0 Å². The molecule has 0 spiro atoms. The minimum Gasteiger partial charge on any atom is -0.508 e. The smallest absolute Gasteiger partial charge is 0.340 e. The third-order valence-corrected chi connectivity index (χ3v) is 8.85. The molecule has 0 fully saturated rings. The van der Waals surface area contributed by atoms with E-state index in [1.54, 1.807) is 12.1 Å². The van der Waals surface area contributed by atoms with E-state index in [1.807, 2.05) is 43.3 Å². The predicted octanol–water partition coefficient (Wildman–Crippen LogP) is 3.59. The summed E-state index contributed by atoms with van der Waals surface area (Å²) in [4.78, 5) is 15.5. The molecule has 2 heterocycles. The molecule has 1 aliphatic rings. The Morgan fingerprint density at radius 2 is 1.91 bits per heavy atom. The quantitative estimate of drug-likeness (QED) is 0.496. The molecule has 2 N–H and O–H groups in total. The molecule has 0 aliphatic carbocycles. The number of ether oxygens (including phenoxy) is 1. The lowest BCUT2D eigenvalue weighted by molar-refractivity contribution is 0.0595. The lowest BCUT2D eigenvalue weighted by atomic mass is 10.0. The van der Waals surface area contributed by atoms with Gasteiger partial charge < -0.3 is 9.84 Å². The normalized spacial score (nSPS) is 14.1. The standard InChI is InChI=1S/C24H26N2O5S2/c1-16-7-9-17(10-8-16)13-25-33(29,30)24-22(23(28)31-2)19-11-12-26(15-21(19)32-24)14-18-5-3-4-6-20(18)27/h3-10,25,27H,11-15H2,1-2H3. The number of methoxy groups -OCH3 is 1. The maximum Gasteiger partial charge on any atom is 0.340 e. The third kappa shape index (κ3) is 5.11. The summed E-state index contributed by atoms with van der Waals surface area (Å²) in [5.74, 6) is -0.411. The highest BCUT2D eigenvalue weighted by molar-refractivity contribution is 7.91. The van der Waals surface area contributed by atoms with Crippen molar-refractivity contribution in [2.75, 3.05) is 13.7 Å². The zero-order chi connectivity index (χ0) is 23.6. The van der Waals surface area contributed by atoms with E-state index < -0.39 is 16.0 Å². The lowest BCUT2D eigenvalue weighted by Crippen LogP contribution is -2.30. The zero-order valence-electron chi connectivity index (χ0n) is 18.5. The molecule has 0 unspecified atom stereocenters. The maximum atomic E-state index is 13.2. The van der Waals surface area contributed by atoms with Gasteiger partial charge in [-0.15, -0.1) is 11.3 Å². The number of rotatable bonds is 7. The van der Waals surface area contributed by atoms with Crippen LogP contribution >= 0.6 is 11.3 Å². The van der Waals surface area contributed by atoms with Gasteiger partial charge in [0.2, 0.25) is 0 Å². The van der Waals surface area contributed by atoms with Gasteiger partial charge in [-0.3, -0.25) is 4.90 Å². The molecule has 3 aromatic rings. The monoisotopic (exact) mass is 486 g/mol. The molecule has 7 nitrogen and oxygen atoms in total. The average Bonchev–Trinajstić information content (AvgIpc) is 3.19. The van der Waals surface area contributed by atoms with Gasteiger partial charge in [0.15, 0.2) is 0 Å². The summed E-state index contributed by atoms with van der Waals surface area (Å²) < 4.78 is 33.9. The number of phenolic OH excluding ortho intramolecular Hbond substituents is 1. The molecule has 2 aromatic carbocycles. The Bertz CT molecular complexity index is 1270. The molecular formula is C24H26N2O5S2. The second-order valence-electron chi connectivity index (χ2n) is 8.06. The summed E-state index contributed by atoms with van der Waals surface area (Å²) in [5, 5.41) is 10.1. The zero-order valence-corrected chi connectivity index (χ0v) is 20.1. The number of para-hydroxylation sites is 1. The Hall–Kier alpha value is -2.72. The van der Waals surface area contributed by atoms with Gasteiger partial charge in [-0.25, -0.2) is 17.9 Å². The van der Waals surface area contributed by atoms with E-state index in [1.165, 1.54) is 7.11 Å². The van der Waals surface area contributed by atoms with Gasteiger partial charge in [-0.05, 0) is 30.5 Å². The summed E-state index contributed by atoms with van der Waals surface area (Å²) in [6.07, 6.45) is 0.525. The number of aromatic hydroxyl groups is 1. The molecule has 33 heavy (non-hydrogen) atoms. The second-order valence-corrected chi connectivity index (χ2v) is 11.1. The molecule has 1 aliphatic heterocycles. The van der Waals surface area contributed by atoms with Gasteiger partial charge >= 0.3 is 5.97 Å². The summed E-state index contributed by atoms with van der Waals surface area (Å²) in [6.45, 7) is 3.76. The molecular weight excluding hydrogens is 460 g/mol. The van der Waals surface area contributed by atoms with Gasteiger partial charge in [-0.2, -0.15) is 0 Å². The Morgan fingerprint density at radius 3 is 2.61 bits per heavy atom. The van der Waals surface area contributed by atoms with Crippen LogP contribution in [0.3, 0.4) is 0 Å². The van der Waals surface area contributed by atoms with Crippen LogP contribution in [-0.2, 0) is 40.8 Å². The molecule has 174 valence electrons. The van der Waals surface area contributed by atoms with E-state index in [4.69, 9.17) is 4.74 Å². The summed E-state index contributed by atoms with van der Waals surface area (Å²) in [7, 11) is -2.66. The molecule has 4 rings (SSSR count). The van der Waals surface area contributed by atoms with Crippen molar-refractivity contribution in [3.63, 3.8) is 0 Å². The first-order chi connectivity index (χ1) is 15.8. The number of hydrogen-bond acceptors (Lipinski definition) is 7. The Balaban J connectivity index is 1.60. The fourth-order valence-corrected chi connectivity index (χ4v) is 6.89. The van der Waals surface area contributed by atoms with E-state index in [0.29, 0.717) is 26.1 Å². The van der Waals surface area contributed by atoms with E-state index in [2.05, 4.69) is 9.62 Å². The van der Waals surface area contributed by atoms with Crippen LogP contribution in [0.4, 0.5) is 0 Å². The number of thiophene rings is 1. The highest BCUT2D eigenvalue weighted by atomic mass is 32.2. The molecule has 0 amide bonds. The minimum atomic E-state index is -3.92. The number of aryl methyl sites for hydroxylation is 1. The number of carbonyl (C=O) groups excluding carboxylic acids is 1. The fraction of sp³-hybridized carbons (Fsp3) is 0.292. The largest absolute Gasteiger partial charge is 0.508 e. The van der Waals surface area contributed by atoms with Crippen LogP contribution in [-0.4, -0.2) is 38.0 Å². The number of esters is 1. The topological polar surface area (TPSA) is 95.9 Å². The van der Waals surface area contributed by atoms with Crippen LogP contribution < -0.4 is 4.72 Å². The average molecular weight is 487 g/mol. The molecule has 0 radical (unpaired) electrons. The highest BCUT2D eigenvalue weighted by Gasteiger charge is 2.34. The van der Waals surface area contributed by atoms with Crippen molar-refractivity contribution in [3.8, 4) is 5.75 Å². The number of nitrogens with zero attached hydrogens (tertiary/aromatic N) is 1. The van der Waals surface area contributed by atoms with Crippen molar-refractivity contribution in [3.05, 3.63) is 81.2 Å². The van der Waals surface area contributed by atoms with Crippen LogP contribution in [0.1, 0.15) is 37.5 Å². The molecule has 0 bridgehead atoms. The Labute approximate surface area is 197 Å². The number of hydrogen-bond donors (Lipinski definition) is 2. The number of benzene rings is 2. The second kappa shape index (κ2) is 9.64. The van der Waals surface area contributed by atoms with E-state index in [9.17, 15) is 18.3 Å². The van der Waals surface area contributed by atoms with Crippen LogP contribution in [0.15, 0.2) is 52.7 Å². The van der Waals surface area contributed by atoms with E-state index in [0.717, 1.165) is 38.5 Å². The van der Waals surface area contributed by atoms with Crippen molar-refractivity contribution in [2.45, 2.75) is 37.2 Å². The first kappa shape index (κ1) is 23.4. The van der Waals surface area contributed by atoms with Gasteiger partial charge in [0.25, 0.3) is 10.0 Å². The van der Waals surface area contributed by atoms with Gasteiger partial charge in [0, 0.05) is 36.6 Å². The fourth-order valence-electron chi connectivity index (χ4n) is 3.90. The summed E-state index contributed by atoms with van der Waals surface area (Å²) >= 11 is 1.11. The molecule has 0 saturated carbocycles. The first-order valence-corrected chi connectivity index (χ1v) is 12.9. The Kier molecular flexibility index (Phi) is 6.85. The van der Waals surface area contributed by atoms with Crippen LogP contribution in [0.25, 0.3) is 0 Å². The Morgan fingerprint density at radius 1 is 1.18 bits per heavy atom. The van der Waals surface area contributed by atoms with Crippen LogP contribution in [0.2, 0.25) is 0 Å². The van der Waals surface area contributed by atoms with Crippen molar-refractivity contribution >= 4 is 27.3 Å². The first-order valence-electron chi connectivity index (χ1n) is 10.6. The lowest BCUT2D eigenvalue weighted by Gasteiger charge is -2.27. The van der Waals surface area contributed by atoms with Crippen molar-refractivity contribution < 1.29 is 23.1 Å². The van der Waals surface area contributed by atoms with Crippen LogP contribution in [0, 0.1) is 6.92 Å². The van der Waals surface area contributed by atoms with Gasteiger partial charge in [0.05, 0.1) is 12.7 Å². The van der Waals surface area contributed by atoms with Crippen molar-refractivity contribution in [1.29, 1.82) is 0 Å². The van der Waals surface area contributed by atoms with Gasteiger partial charge in [-0.1, -0.05) is 48.0 Å². The number of phenols is 1. The molecule has 1 aromatic heterocycles. The van der Waals surface area contributed by atoms with Gasteiger partial charge in [0.1, 0.15) is 9.96 Å². The van der Waals surface area contributed by atoms with E-state index in [-0.39, 0.29) is 22.1 Å². The van der Waals surface area contributed by atoms with E-state index >= 15 is 0 Å². The van der Waals surface area contributed by atoms with Crippen LogP contribution in [0.5, 0.6) is 5.75 Å². The third-order valence-electron chi connectivity index (χ3n) is 5.71. The summed E-state index contributed by atoms with van der Waals surface area (Å²) in [5.41, 5.74) is 3.60. The highest BCUT2D eigenvalue weighted by Crippen LogP contribution is 2.37. The minimum absolute atomic E-state index is 0.00382. The predicted molar refractivity (Wildman–Crippen MR) is 127 cm³/mol. The number of carbonyl (C=O) groups is 1. The summed E-state index contributed by atoms with van der Waals surface area (Å²) in [6, 6.07) is 14.7. The molecule has 9 heteroatoms.